The molecular weight excluding hydrogens is 683 g/mol. The number of carbonyl (C=O) groups excluding carboxylic acids is 2. The molecule has 11 nitrogen and oxygen atoms in total. The number of aliphatic hydroxyl groups is 2. The summed E-state index contributed by atoms with van der Waals surface area (Å²) in [4.78, 5) is 39.6. The fourth-order valence-electron chi connectivity index (χ4n) is 13.0. The van der Waals surface area contributed by atoms with Gasteiger partial charge in [-0.15, -0.1) is 0 Å². The van der Waals surface area contributed by atoms with E-state index in [4.69, 9.17) is 15.2 Å². The van der Waals surface area contributed by atoms with Crippen molar-refractivity contribution in [3.05, 3.63) is 70.9 Å². The van der Waals surface area contributed by atoms with E-state index in [-0.39, 0.29) is 24.3 Å². The van der Waals surface area contributed by atoms with E-state index in [1.165, 1.54) is 7.11 Å². The van der Waals surface area contributed by atoms with Crippen molar-refractivity contribution in [3.8, 4) is 5.75 Å². The van der Waals surface area contributed by atoms with Crippen molar-refractivity contribution in [1.82, 2.24) is 14.8 Å². The van der Waals surface area contributed by atoms with Crippen LogP contribution in [0.15, 0.2) is 48.6 Å². The summed E-state index contributed by atoms with van der Waals surface area (Å²) in [5.41, 5.74) is 6.42. The molecule has 1 saturated carbocycles. The molecule has 11 heteroatoms. The number of nitrogens with two attached hydrogens (primary N) is 1. The molecule has 3 aromatic rings. The fraction of sp³-hybridized carbons (Fsp3) is 0.581. The molecule has 1 aliphatic carbocycles. The van der Waals surface area contributed by atoms with Gasteiger partial charge in [-0.1, -0.05) is 44.2 Å². The molecular formula is C43H55N5O6. The molecule has 1 aromatic heterocycles. The molecule has 54 heavy (non-hydrogen) atoms. The van der Waals surface area contributed by atoms with Crippen LogP contribution in [0.3, 0.4) is 0 Å². The number of carbonyl (C=O) groups is 2. The molecule has 1 spiro atoms. The molecule has 288 valence electrons. The van der Waals surface area contributed by atoms with E-state index in [0.717, 1.165) is 66.0 Å². The molecule has 5 aliphatic heterocycles. The maximum absolute atomic E-state index is 15.2. The van der Waals surface area contributed by atoms with Gasteiger partial charge in [-0.05, 0) is 80.7 Å². The second kappa shape index (κ2) is 12.0. The molecule has 2 aromatic carbocycles. The number of rotatable bonds is 6. The van der Waals surface area contributed by atoms with E-state index >= 15 is 4.79 Å². The van der Waals surface area contributed by atoms with Gasteiger partial charge in [0.1, 0.15) is 11.2 Å². The molecule has 6 aliphatic rings. The normalized spacial score (nSPS) is 38.1. The van der Waals surface area contributed by atoms with E-state index in [0.29, 0.717) is 50.0 Å². The minimum absolute atomic E-state index is 0.000667. The van der Waals surface area contributed by atoms with Crippen LogP contribution in [0.2, 0.25) is 0 Å². The number of hydrogen-bond acceptors (Lipinski definition) is 9. The van der Waals surface area contributed by atoms with Crippen LogP contribution in [0, 0.1) is 11.3 Å². The molecule has 9 rings (SSSR count). The summed E-state index contributed by atoms with van der Waals surface area (Å²) in [7, 11) is 5.06. The van der Waals surface area contributed by atoms with Gasteiger partial charge in [0.05, 0.1) is 25.9 Å². The minimum atomic E-state index is -1.82. The van der Waals surface area contributed by atoms with Gasteiger partial charge in [-0.3, -0.25) is 19.4 Å². The highest BCUT2D eigenvalue weighted by Crippen LogP contribution is 2.67. The third-order valence-corrected chi connectivity index (χ3v) is 15.1. The first kappa shape index (κ1) is 35.8. The number of benzene rings is 2. The van der Waals surface area contributed by atoms with E-state index < -0.39 is 39.4 Å². The Morgan fingerprint density at radius 2 is 1.83 bits per heavy atom. The Labute approximate surface area is 317 Å². The summed E-state index contributed by atoms with van der Waals surface area (Å²) in [6, 6.07) is 11.8. The average Bonchev–Trinajstić information content (AvgIpc) is 3.83. The number of esters is 1. The Kier molecular flexibility index (Phi) is 7.98. The SMILES string of the molecule is CCC1(O)CC2CN(CCc3c([nH]c4ccccc34)[C@@](C(=O)OC)(c3cc4c(cc3OC)N(C)C3C45CCN4CC=C[C@@](CC)(C[C@]3(O)C(N)=O)C45)C2)C1. The van der Waals surface area contributed by atoms with E-state index in [1.54, 1.807) is 7.11 Å². The molecule has 2 saturated heterocycles. The number of likely N-dealkylation sites (N-methyl/N-ethyl adjacent to an activating group) is 1. The van der Waals surface area contributed by atoms with Crippen molar-refractivity contribution in [2.24, 2.45) is 17.1 Å². The molecule has 1 amide bonds. The van der Waals surface area contributed by atoms with Crippen molar-refractivity contribution in [1.29, 1.82) is 0 Å². The first-order valence-corrected chi connectivity index (χ1v) is 19.9. The first-order chi connectivity index (χ1) is 25.8. The van der Waals surface area contributed by atoms with Crippen molar-refractivity contribution in [3.63, 3.8) is 0 Å². The van der Waals surface area contributed by atoms with Gasteiger partial charge in [-0.25, -0.2) is 0 Å². The van der Waals surface area contributed by atoms with Gasteiger partial charge >= 0.3 is 5.97 Å². The Morgan fingerprint density at radius 3 is 2.56 bits per heavy atom. The second-order valence-electron chi connectivity index (χ2n) is 17.5. The third-order valence-electron chi connectivity index (χ3n) is 15.1. The highest BCUT2D eigenvalue weighted by Gasteiger charge is 2.75. The maximum Gasteiger partial charge on any atom is 0.322 e. The number of ether oxygens (including phenoxy) is 2. The van der Waals surface area contributed by atoms with Crippen molar-refractivity contribution >= 4 is 28.5 Å². The van der Waals surface area contributed by atoms with Crippen molar-refractivity contribution in [2.75, 3.05) is 58.9 Å². The van der Waals surface area contributed by atoms with E-state index in [9.17, 15) is 15.0 Å². The quantitative estimate of drug-likeness (QED) is 0.220. The van der Waals surface area contributed by atoms with Crippen LogP contribution in [-0.2, 0) is 31.6 Å². The van der Waals surface area contributed by atoms with Crippen LogP contribution < -0.4 is 15.4 Å². The first-order valence-electron chi connectivity index (χ1n) is 19.9. The highest BCUT2D eigenvalue weighted by molar-refractivity contribution is 5.95. The number of nitrogens with zero attached hydrogens (tertiary/aromatic N) is 3. The molecule has 6 heterocycles. The lowest BCUT2D eigenvalue weighted by molar-refractivity contribution is -0.156. The van der Waals surface area contributed by atoms with Gasteiger partial charge < -0.3 is 35.3 Å². The number of H-pyrrole nitrogens is 1. The monoisotopic (exact) mass is 737 g/mol. The number of piperidine rings is 1. The number of aromatic nitrogens is 1. The van der Waals surface area contributed by atoms with Gasteiger partial charge in [0.15, 0.2) is 5.60 Å². The lowest BCUT2D eigenvalue weighted by Crippen LogP contribution is -2.75. The van der Waals surface area contributed by atoms with Crippen LogP contribution in [0.1, 0.15) is 74.8 Å². The lowest BCUT2D eigenvalue weighted by Gasteiger charge is -2.61. The number of anilines is 1. The summed E-state index contributed by atoms with van der Waals surface area (Å²) >= 11 is 0. The van der Waals surface area contributed by atoms with Crippen molar-refractivity contribution in [2.45, 2.75) is 92.9 Å². The number of para-hydroxylation sites is 1. The van der Waals surface area contributed by atoms with Gasteiger partial charge in [0, 0.05) is 84.0 Å². The Balaban J connectivity index is 1.36. The second-order valence-corrected chi connectivity index (χ2v) is 17.5. The summed E-state index contributed by atoms with van der Waals surface area (Å²) in [6.07, 6.45) is 8.36. The largest absolute Gasteiger partial charge is 0.496 e. The fourth-order valence-corrected chi connectivity index (χ4v) is 13.0. The van der Waals surface area contributed by atoms with Crippen LogP contribution >= 0.6 is 0 Å². The number of nitrogens with one attached hydrogen (secondary N) is 1. The molecule has 6 unspecified atom stereocenters. The zero-order valence-electron chi connectivity index (χ0n) is 32.3. The van der Waals surface area contributed by atoms with Gasteiger partial charge in [0.25, 0.3) is 5.91 Å². The number of methoxy groups -OCH3 is 2. The smallest absolute Gasteiger partial charge is 0.322 e. The predicted molar refractivity (Wildman–Crippen MR) is 207 cm³/mol. The number of aromatic amines is 1. The molecule has 9 atom stereocenters. The van der Waals surface area contributed by atoms with Crippen LogP contribution in [0.5, 0.6) is 5.75 Å². The third kappa shape index (κ3) is 4.49. The molecule has 2 bridgehead atoms. The maximum atomic E-state index is 15.2. The predicted octanol–water partition coefficient (Wildman–Crippen LogP) is 3.76. The Hall–Kier alpha value is -3.90. The molecule has 5 N–H and O–H groups in total. The number of fused-ring (bicyclic) bond motifs is 6. The minimum Gasteiger partial charge on any atom is -0.496 e. The Morgan fingerprint density at radius 1 is 1.04 bits per heavy atom. The molecule has 0 radical (unpaired) electrons. The number of amides is 1. The standard InChI is InChI=1S/C43H55N5O6/c1-6-39-14-10-16-48-18-15-41(35(39)48)29-19-30(33(53-4)20-32(29)46(3)36(41)43(52,24-39)37(44)49)42(38(50)54-5)22-26-21-40(51,7-2)25-47(23-26)17-13-28-27-11-8-9-12-31(27)45-34(28)42/h8-12,14,19-20,26,35-36,45,51-52H,6-7,13,15-18,21-25H2,1-5H3,(H2,44,49)/t26?,35?,36?,39-,40?,41?,42-,43+/m0/s1. The van der Waals surface area contributed by atoms with E-state index in [2.05, 4.69) is 57.0 Å². The van der Waals surface area contributed by atoms with Crippen molar-refractivity contribution < 1.29 is 29.3 Å². The van der Waals surface area contributed by atoms with E-state index in [1.807, 2.05) is 32.2 Å². The average molecular weight is 738 g/mol. The number of hydrogen-bond donors (Lipinski definition) is 4. The summed E-state index contributed by atoms with van der Waals surface area (Å²) in [5, 5.41) is 25.7. The van der Waals surface area contributed by atoms with Gasteiger partial charge in [0.2, 0.25) is 0 Å². The molecule has 3 fully saturated rings. The van der Waals surface area contributed by atoms with Gasteiger partial charge in [-0.2, -0.15) is 0 Å². The topological polar surface area (TPSA) is 145 Å². The van der Waals surface area contributed by atoms with Crippen LogP contribution in [0.25, 0.3) is 10.9 Å². The zero-order valence-corrected chi connectivity index (χ0v) is 32.3. The van der Waals surface area contributed by atoms with Crippen LogP contribution in [-0.4, -0.2) is 114 Å². The summed E-state index contributed by atoms with van der Waals surface area (Å²) in [5.74, 6) is -0.606. The lowest BCUT2D eigenvalue weighted by atomic mass is 9.49. The van der Waals surface area contributed by atoms with Crippen LogP contribution in [0.4, 0.5) is 5.69 Å². The summed E-state index contributed by atoms with van der Waals surface area (Å²) < 4.78 is 12.3. The zero-order chi connectivity index (χ0) is 38.0. The summed E-state index contributed by atoms with van der Waals surface area (Å²) in [6.45, 7) is 7.87. The number of primary amides is 1. The highest BCUT2D eigenvalue weighted by atomic mass is 16.5. The Bertz CT molecular complexity index is 2080.